The summed E-state index contributed by atoms with van der Waals surface area (Å²) in [6.45, 7) is -0.392. The summed E-state index contributed by atoms with van der Waals surface area (Å²) in [6.07, 6.45) is -2.34. The van der Waals surface area contributed by atoms with E-state index in [-0.39, 0.29) is 6.54 Å². The second kappa shape index (κ2) is 7.54. The first-order chi connectivity index (χ1) is 6.71. The Morgan fingerprint density at radius 1 is 1.43 bits per heavy atom. The predicted octanol–water partition coefficient (Wildman–Crippen LogP) is -0.320. The molecule has 7 nitrogen and oxygen atoms in total. The summed E-state index contributed by atoms with van der Waals surface area (Å²) in [6, 6.07) is 0. The molecular formula is C7H15N3O4. The summed E-state index contributed by atoms with van der Waals surface area (Å²) in [5, 5.41) is 21.4. The first-order valence-corrected chi connectivity index (χ1v) is 4.06. The summed E-state index contributed by atoms with van der Waals surface area (Å²) in [5.41, 5.74) is 8.11. The number of rotatable bonds is 7. The molecule has 0 saturated heterocycles. The van der Waals surface area contributed by atoms with Crippen LogP contribution in [-0.2, 0) is 9.47 Å². The van der Waals surface area contributed by atoms with Crippen LogP contribution in [0.15, 0.2) is 5.11 Å². The Morgan fingerprint density at radius 2 is 2.07 bits per heavy atom. The third kappa shape index (κ3) is 3.91. The van der Waals surface area contributed by atoms with E-state index >= 15 is 0 Å². The van der Waals surface area contributed by atoms with Crippen LogP contribution in [0.4, 0.5) is 0 Å². The van der Waals surface area contributed by atoms with E-state index < -0.39 is 24.9 Å². The van der Waals surface area contributed by atoms with Crippen molar-refractivity contribution >= 4 is 0 Å². The molecule has 82 valence electrons. The average Bonchev–Trinajstić information content (AvgIpc) is 2.23. The fraction of sp³-hybridized carbons (Fsp3) is 1.00. The van der Waals surface area contributed by atoms with Crippen LogP contribution in [0.3, 0.4) is 0 Å². The lowest BCUT2D eigenvalue weighted by atomic mass is 10.1. The highest BCUT2D eigenvalue weighted by molar-refractivity contribution is 4.79. The Hall–Kier alpha value is -0.850. The molecule has 0 fully saturated rings. The van der Waals surface area contributed by atoms with Gasteiger partial charge in [-0.05, 0) is 5.53 Å². The first kappa shape index (κ1) is 13.2. The quantitative estimate of drug-likeness (QED) is 0.337. The van der Waals surface area contributed by atoms with Gasteiger partial charge in [-0.3, -0.25) is 0 Å². The number of aliphatic hydroxyl groups excluding tert-OH is 2. The molecule has 7 heteroatoms. The van der Waals surface area contributed by atoms with Crippen molar-refractivity contribution in [3.8, 4) is 0 Å². The molecular weight excluding hydrogens is 190 g/mol. The van der Waals surface area contributed by atoms with E-state index in [0.717, 1.165) is 0 Å². The standard InChI is InChI=1S/C7H15N3O4/c1-13-6(3-9-10-8)7(14-2)5(12)4-11/h5-7,11-12H,3-4H2,1-2H3/t5?,6-,7-/m1/s1. The average molecular weight is 205 g/mol. The van der Waals surface area contributed by atoms with Crippen molar-refractivity contribution in [3.63, 3.8) is 0 Å². The molecule has 0 heterocycles. The maximum absolute atomic E-state index is 9.33. The van der Waals surface area contributed by atoms with E-state index in [1.54, 1.807) is 0 Å². The lowest BCUT2D eigenvalue weighted by molar-refractivity contribution is -0.104. The maximum atomic E-state index is 9.33. The number of ether oxygens (including phenoxy) is 2. The van der Waals surface area contributed by atoms with Crippen LogP contribution in [0.5, 0.6) is 0 Å². The minimum absolute atomic E-state index is 0.0442. The Bertz CT molecular complexity index is 195. The van der Waals surface area contributed by atoms with Crippen LogP contribution >= 0.6 is 0 Å². The zero-order valence-corrected chi connectivity index (χ0v) is 8.20. The molecule has 3 atom stereocenters. The Balaban J connectivity index is 4.34. The van der Waals surface area contributed by atoms with Crippen molar-refractivity contribution in [1.82, 2.24) is 0 Å². The predicted molar refractivity (Wildman–Crippen MR) is 48.7 cm³/mol. The van der Waals surface area contributed by atoms with Crippen molar-refractivity contribution in [2.75, 3.05) is 27.4 Å². The largest absolute Gasteiger partial charge is 0.394 e. The number of methoxy groups -OCH3 is 2. The molecule has 0 aliphatic heterocycles. The van der Waals surface area contributed by atoms with Gasteiger partial charge in [0.05, 0.1) is 19.3 Å². The number of hydrogen-bond donors (Lipinski definition) is 2. The van der Waals surface area contributed by atoms with Gasteiger partial charge in [-0.1, -0.05) is 5.11 Å². The molecule has 0 aromatic rings. The summed E-state index contributed by atoms with van der Waals surface area (Å²) in [4.78, 5) is 2.57. The summed E-state index contributed by atoms with van der Waals surface area (Å²) in [5.74, 6) is 0. The molecule has 0 bridgehead atoms. The molecule has 0 spiro atoms. The van der Waals surface area contributed by atoms with Gasteiger partial charge in [-0.25, -0.2) is 0 Å². The van der Waals surface area contributed by atoms with Crippen LogP contribution in [0.1, 0.15) is 0 Å². The van der Waals surface area contributed by atoms with Gasteiger partial charge >= 0.3 is 0 Å². The second-order valence-electron chi connectivity index (χ2n) is 2.64. The fourth-order valence-corrected chi connectivity index (χ4v) is 1.09. The molecule has 0 aromatic carbocycles. The van der Waals surface area contributed by atoms with Gasteiger partial charge in [0, 0.05) is 19.1 Å². The van der Waals surface area contributed by atoms with E-state index in [2.05, 4.69) is 10.0 Å². The van der Waals surface area contributed by atoms with Crippen LogP contribution in [0.2, 0.25) is 0 Å². The van der Waals surface area contributed by atoms with Crippen molar-refractivity contribution in [2.45, 2.75) is 18.3 Å². The minimum atomic E-state index is -1.06. The van der Waals surface area contributed by atoms with Crippen molar-refractivity contribution in [3.05, 3.63) is 10.4 Å². The monoisotopic (exact) mass is 205 g/mol. The van der Waals surface area contributed by atoms with Gasteiger partial charge in [0.1, 0.15) is 12.2 Å². The van der Waals surface area contributed by atoms with E-state index in [4.69, 9.17) is 20.1 Å². The van der Waals surface area contributed by atoms with Gasteiger partial charge in [0.15, 0.2) is 0 Å². The highest BCUT2D eigenvalue weighted by Gasteiger charge is 2.27. The molecule has 1 unspecified atom stereocenters. The number of nitrogens with zero attached hydrogens (tertiary/aromatic N) is 3. The highest BCUT2D eigenvalue weighted by Crippen LogP contribution is 2.08. The number of hydrogen-bond acceptors (Lipinski definition) is 5. The van der Waals surface area contributed by atoms with E-state index in [1.807, 2.05) is 0 Å². The summed E-state index contributed by atoms with van der Waals surface area (Å²) >= 11 is 0. The second-order valence-corrected chi connectivity index (χ2v) is 2.64. The van der Waals surface area contributed by atoms with Gasteiger partial charge < -0.3 is 19.7 Å². The fourth-order valence-electron chi connectivity index (χ4n) is 1.09. The van der Waals surface area contributed by atoms with Crippen LogP contribution < -0.4 is 0 Å². The van der Waals surface area contributed by atoms with Crippen molar-refractivity contribution in [1.29, 1.82) is 0 Å². The van der Waals surface area contributed by atoms with Crippen LogP contribution in [0, 0.1) is 0 Å². The molecule has 0 aliphatic rings. The normalized spacial score (nSPS) is 16.9. The lowest BCUT2D eigenvalue weighted by Crippen LogP contribution is -2.43. The number of azide groups is 1. The molecule has 0 aliphatic carbocycles. The van der Waals surface area contributed by atoms with Gasteiger partial charge in [0.2, 0.25) is 0 Å². The SMILES string of the molecule is CO[C@H](C(O)CO)[C@@H](CN=[N+]=[N-])OC. The molecule has 0 amide bonds. The summed E-state index contributed by atoms with van der Waals surface area (Å²) < 4.78 is 9.90. The van der Waals surface area contributed by atoms with Gasteiger partial charge in [-0.15, -0.1) is 0 Å². The van der Waals surface area contributed by atoms with Crippen molar-refractivity contribution in [2.24, 2.45) is 5.11 Å². The maximum Gasteiger partial charge on any atom is 0.111 e. The first-order valence-electron chi connectivity index (χ1n) is 4.06. The Morgan fingerprint density at radius 3 is 2.43 bits per heavy atom. The van der Waals surface area contributed by atoms with E-state index in [0.29, 0.717) is 0 Å². The highest BCUT2D eigenvalue weighted by atomic mass is 16.5. The Kier molecular flexibility index (Phi) is 7.09. The topological polar surface area (TPSA) is 108 Å². The molecule has 0 rings (SSSR count). The minimum Gasteiger partial charge on any atom is -0.394 e. The molecule has 14 heavy (non-hydrogen) atoms. The molecule has 0 saturated carbocycles. The third-order valence-corrected chi connectivity index (χ3v) is 1.83. The lowest BCUT2D eigenvalue weighted by Gasteiger charge is -2.26. The molecule has 0 aromatic heterocycles. The Labute approximate surface area is 81.9 Å². The zero-order chi connectivity index (χ0) is 11.0. The van der Waals surface area contributed by atoms with Crippen molar-refractivity contribution < 1.29 is 19.7 Å². The van der Waals surface area contributed by atoms with E-state index in [9.17, 15) is 5.11 Å². The molecule has 0 radical (unpaired) electrons. The van der Waals surface area contributed by atoms with Gasteiger partial charge in [0.25, 0.3) is 0 Å². The third-order valence-electron chi connectivity index (χ3n) is 1.83. The number of aliphatic hydroxyl groups is 2. The van der Waals surface area contributed by atoms with Crippen LogP contribution in [-0.4, -0.2) is 55.9 Å². The van der Waals surface area contributed by atoms with E-state index in [1.165, 1.54) is 14.2 Å². The zero-order valence-electron chi connectivity index (χ0n) is 8.20. The van der Waals surface area contributed by atoms with Crippen LogP contribution in [0.25, 0.3) is 10.4 Å². The molecule has 2 N–H and O–H groups in total. The van der Waals surface area contributed by atoms with Gasteiger partial charge in [-0.2, -0.15) is 0 Å². The smallest absolute Gasteiger partial charge is 0.111 e. The summed E-state index contributed by atoms with van der Waals surface area (Å²) in [7, 11) is 2.79.